The molecule has 3 rings (SSSR count). The minimum Gasteiger partial charge on any atom is -0.483 e. The first-order valence-electron chi connectivity index (χ1n) is 7.06. The van der Waals surface area contributed by atoms with Crippen molar-refractivity contribution >= 4 is 17.4 Å². The lowest BCUT2D eigenvalue weighted by Gasteiger charge is -2.33. The molecule has 2 aliphatic rings. The smallest absolute Gasteiger partial charge is 0.234 e. The Balaban J connectivity index is 1.96. The van der Waals surface area contributed by atoms with Crippen LogP contribution in [0.15, 0.2) is 23.2 Å². The maximum atomic E-state index is 12.1. The Kier molecular flexibility index (Phi) is 3.04. The third-order valence-corrected chi connectivity index (χ3v) is 3.48. The number of fused-ring (bicyclic) bond motifs is 3. The summed E-state index contributed by atoms with van der Waals surface area (Å²) in [5.41, 5.74) is 2.30. The lowest BCUT2D eigenvalue weighted by molar-refractivity contribution is -0.117. The van der Waals surface area contributed by atoms with Crippen LogP contribution < -0.4 is 9.64 Å². The maximum absolute atomic E-state index is 12.1. The summed E-state index contributed by atoms with van der Waals surface area (Å²) in [4.78, 5) is 18.2. The van der Waals surface area contributed by atoms with Crippen LogP contribution >= 0.6 is 0 Å². The Morgan fingerprint density at radius 1 is 1.35 bits per heavy atom. The summed E-state index contributed by atoms with van der Waals surface area (Å²) in [5.74, 6) is 1.64. The van der Waals surface area contributed by atoms with Gasteiger partial charge in [0.05, 0.1) is 5.69 Å². The molecule has 2 aliphatic heterocycles. The summed E-state index contributed by atoms with van der Waals surface area (Å²) in [6.45, 7) is 7.61. The summed E-state index contributed by atoms with van der Waals surface area (Å²) in [7, 11) is 0. The van der Waals surface area contributed by atoms with Gasteiger partial charge in [0.1, 0.15) is 18.2 Å². The van der Waals surface area contributed by atoms with E-state index < -0.39 is 0 Å². The Hall–Kier alpha value is -1.84. The minimum atomic E-state index is 0.114. The molecule has 4 nitrogen and oxygen atoms in total. The van der Waals surface area contributed by atoms with Gasteiger partial charge in [0.2, 0.25) is 5.91 Å². The average molecular weight is 272 g/mol. The molecule has 0 atom stereocenters. The first-order valence-corrected chi connectivity index (χ1v) is 7.06. The molecule has 106 valence electrons. The van der Waals surface area contributed by atoms with Crippen molar-refractivity contribution in [2.75, 3.05) is 18.1 Å². The predicted molar refractivity (Wildman–Crippen MR) is 79.5 cm³/mol. The number of benzene rings is 1. The lowest BCUT2D eigenvalue weighted by atomic mass is 9.88. The van der Waals surface area contributed by atoms with Crippen molar-refractivity contribution in [1.82, 2.24) is 0 Å². The Bertz CT molecular complexity index is 585. The molecule has 0 aromatic heterocycles. The highest BCUT2D eigenvalue weighted by Gasteiger charge is 2.31. The third-order valence-electron chi connectivity index (χ3n) is 3.48. The second-order valence-corrected chi connectivity index (χ2v) is 6.61. The molecular formula is C16H20N2O2. The second-order valence-electron chi connectivity index (χ2n) is 6.61. The highest BCUT2D eigenvalue weighted by atomic mass is 16.5. The lowest BCUT2D eigenvalue weighted by Crippen LogP contribution is -2.46. The fourth-order valence-electron chi connectivity index (χ4n) is 2.71. The first-order chi connectivity index (χ1) is 9.44. The number of anilines is 1. The monoisotopic (exact) mass is 272 g/mol. The molecule has 0 spiro atoms. The van der Waals surface area contributed by atoms with E-state index in [2.05, 4.69) is 37.9 Å². The van der Waals surface area contributed by atoms with E-state index >= 15 is 0 Å². The van der Waals surface area contributed by atoms with Crippen LogP contribution in [0.5, 0.6) is 5.75 Å². The van der Waals surface area contributed by atoms with Gasteiger partial charge in [-0.3, -0.25) is 14.7 Å². The van der Waals surface area contributed by atoms with Gasteiger partial charge in [-0.15, -0.1) is 0 Å². The topological polar surface area (TPSA) is 41.9 Å². The number of ether oxygens (including phenoxy) is 1. The summed E-state index contributed by atoms with van der Waals surface area (Å²) >= 11 is 0. The number of aliphatic imine (C=N–C) groups is 1. The van der Waals surface area contributed by atoms with Crippen molar-refractivity contribution in [2.24, 2.45) is 10.4 Å². The van der Waals surface area contributed by atoms with Gasteiger partial charge >= 0.3 is 0 Å². The fraction of sp³-hybridized carbons (Fsp3) is 0.500. The van der Waals surface area contributed by atoms with Crippen molar-refractivity contribution < 1.29 is 9.53 Å². The molecule has 0 aliphatic carbocycles. The standard InChI is InChI=1S/C16H20N2O2/c1-16(2,3)9-11-4-5-12-13(8-11)20-10-14-17-7-6-15(19)18(12)14/h4-5,8H,6-7,9-10H2,1-3H3. The number of hydrogen-bond donors (Lipinski definition) is 0. The van der Waals surface area contributed by atoms with Crippen molar-refractivity contribution in [3.05, 3.63) is 23.8 Å². The highest BCUT2D eigenvalue weighted by Crippen LogP contribution is 2.36. The van der Waals surface area contributed by atoms with Gasteiger partial charge in [-0.25, -0.2) is 0 Å². The summed E-state index contributed by atoms with van der Waals surface area (Å²) in [6, 6.07) is 6.12. The van der Waals surface area contributed by atoms with Gasteiger partial charge in [-0.1, -0.05) is 26.8 Å². The molecule has 1 aromatic carbocycles. The van der Waals surface area contributed by atoms with Crippen molar-refractivity contribution in [3.63, 3.8) is 0 Å². The van der Waals surface area contributed by atoms with Crippen molar-refractivity contribution in [3.8, 4) is 5.75 Å². The van der Waals surface area contributed by atoms with Gasteiger partial charge in [0, 0.05) is 13.0 Å². The van der Waals surface area contributed by atoms with Crippen LogP contribution in [0.1, 0.15) is 32.8 Å². The highest BCUT2D eigenvalue weighted by molar-refractivity contribution is 6.20. The number of nitrogens with zero attached hydrogens (tertiary/aromatic N) is 2. The molecule has 0 saturated heterocycles. The fourth-order valence-corrected chi connectivity index (χ4v) is 2.71. The normalized spacial score (nSPS) is 18.1. The van der Waals surface area contributed by atoms with E-state index in [-0.39, 0.29) is 11.3 Å². The molecule has 2 heterocycles. The van der Waals surface area contributed by atoms with Crippen molar-refractivity contribution in [1.29, 1.82) is 0 Å². The molecule has 0 saturated carbocycles. The molecule has 0 N–H and O–H groups in total. The molecule has 1 aromatic rings. The zero-order valence-electron chi connectivity index (χ0n) is 12.3. The van der Waals surface area contributed by atoms with Crippen molar-refractivity contribution in [2.45, 2.75) is 33.6 Å². The first kappa shape index (κ1) is 13.2. The molecule has 0 bridgehead atoms. The molecule has 1 amide bonds. The van der Waals surface area contributed by atoms with Crippen LogP contribution in [0.2, 0.25) is 0 Å². The zero-order valence-corrected chi connectivity index (χ0v) is 12.3. The maximum Gasteiger partial charge on any atom is 0.234 e. The van der Waals surface area contributed by atoms with E-state index in [1.165, 1.54) is 5.56 Å². The van der Waals surface area contributed by atoms with E-state index in [1.807, 2.05) is 6.07 Å². The van der Waals surface area contributed by atoms with Gasteiger partial charge in [0.25, 0.3) is 0 Å². The summed E-state index contributed by atoms with van der Waals surface area (Å²) in [6.07, 6.45) is 1.46. The number of amides is 1. The van der Waals surface area contributed by atoms with Crippen LogP contribution in [-0.2, 0) is 11.2 Å². The molecule has 0 unspecified atom stereocenters. The van der Waals surface area contributed by atoms with Gasteiger partial charge in [-0.2, -0.15) is 0 Å². The SMILES string of the molecule is CC(C)(C)Cc1ccc2c(c1)OCC1=NCCC(=O)N12. The Morgan fingerprint density at radius 3 is 2.90 bits per heavy atom. The van der Waals surface area contributed by atoms with Gasteiger partial charge < -0.3 is 4.74 Å². The number of hydrogen-bond acceptors (Lipinski definition) is 3. The van der Waals surface area contributed by atoms with E-state index in [0.29, 0.717) is 19.6 Å². The van der Waals surface area contributed by atoms with Gasteiger partial charge in [-0.05, 0) is 29.5 Å². The average Bonchev–Trinajstić information content (AvgIpc) is 2.36. The minimum absolute atomic E-state index is 0.114. The molecule has 20 heavy (non-hydrogen) atoms. The molecule has 0 radical (unpaired) electrons. The summed E-state index contributed by atoms with van der Waals surface area (Å²) in [5, 5.41) is 0. The van der Waals surface area contributed by atoms with E-state index in [4.69, 9.17) is 4.74 Å². The largest absolute Gasteiger partial charge is 0.483 e. The molecule has 0 fully saturated rings. The molecular weight excluding hydrogens is 252 g/mol. The van der Waals surface area contributed by atoms with Crippen LogP contribution in [0, 0.1) is 5.41 Å². The number of carbonyl (C=O) groups is 1. The third kappa shape index (κ3) is 2.42. The number of amidine groups is 1. The van der Waals surface area contributed by atoms with Gasteiger partial charge in [0.15, 0.2) is 0 Å². The Morgan fingerprint density at radius 2 is 2.15 bits per heavy atom. The molecule has 4 heteroatoms. The number of carbonyl (C=O) groups excluding carboxylic acids is 1. The predicted octanol–water partition coefficient (Wildman–Crippen LogP) is 2.80. The van der Waals surface area contributed by atoms with Crippen LogP contribution in [-0.4, -0.2) is 24.9 Å². The van der Waals surface area contributed by atoms with E-state index in [0.717, 1.165) is 23.7 Å². The zero-order chi connectivity index (χ0) is 14.3. The van der Waals surface area contributed by atoms with E-state index in [9.17, 15) is 4.79 Å². The second kappa shape index (κ2) is 4.62. The summed E-state index contributed by atoms with van der Waals surface area (Å²) < 4.78 is 5.77. The van der Waals surface area contributed by atoms with Crippen LogP contribution in [0.4, 0.5) is 5.69 Å². The van der Waals surface area contributed by atoms with Crippen LogP contribution in [0.25, 0.3) is 0 Å². The Labute approximate surface area is 119 Å². The number of rotatable bonds is 1. The van der Waals surface area contributed by atoms with Crippen LogP contribution in [0.3, 0.4) is 0 Å². The van der Waals surface area contributed by atoms with E-state index in [1.54, 1.807) is 4.90 Å². The quantitative estimate of drug-likeness (QED) is 0.789.